The Morgan fingerprint density at radius 2 is 1.46 bits per heavy atom. The number of hydrogen-bond acceptors (Lipinski definition) is 0. The summed E-state index contributed by atoms with van der Waals surface area (Å²) in [5, 5.41) is 0. The van der Waals surface area contributed by atoms with Gasteiger partial charge >= 0.3 is 0 Å². The van der Waals surface area contributed by atoms with Crippen LogP contribution >= 0.6 is 0 Å². The van der Waals surface area contributed by atoms with Gasteiger partial charge in [-0.2, -0.15) is 0 Å². The topological polar surface area (TPSA) is 0 Å². The van der Waals surface area contributed by atoms with E-state index in [1.807, 2.05) is 0 Å². The summed E-state index contributed by atoms with van der Waals surface area (Å²) >= 11 is 0. The second-order valence-corrected chi connectivity index (χ2v) is 10.7. The Morgan fingerprint density at radius 1 is 0.857 bits per heavy atom. The number of benzene rings is 2. The maximum absolute atomic E-state index is 2.49. The van der Waals surface area contributed by atoms with Gasteiger partial charge in [-0.15, -0.1) is 0 Å². The molecule has 0 heteroatoms. The Kier molecular flexibility index (Phi) is 5.63. The second-order valence-electron chi connectivity index (χ2n) is 10.7. The van der Waals surface area contributed by atoms with Crippen LogP contribution in [0.1, 0.15) is 95.5 Å². The lowest BCUT2D eigenvalue weighted by molar-refractivity contribution is 0.569. The second kappa shape index (κ2) is 7.54. The maximum Gasteiger partial charge on any atom is -0.00550 e. The summed E-state index contributed by atoms with van der Waals surface area (Å²) in [6.07, 6.45) is 7.43. The SMILES string of the molecule is CCCCC1=Cc2c(-c3cc(C(C)(C)C)cc(C(C)(C)C)c3)ccc(C)c2C1. The molecule has 1 aliphatic carbocycles. The first-order valence-corrected chi connectivity index (χ1v) is 11.0. The van der Waals surface area contributed by atoms with Gasteiger partial charge in [0.15, 0.2) is 0 Å². The van der Waals surface area contributed by atoms with E-state index < -0.39 is 0 Å². The van der Waals surface area contributed by atoms with Crippen molar-refractivity contribution in [2.24, 2.45) is 0 Å². The molecule has 0 atom stereocenters. The summed E-state index contributed by atoms with van der Waals surface area (Å²) in [5.41, 5.74) is 12.0. The molecule has 0 aromatic heterocycles. The van der Waals surface area contributed by atoms with E-state index in [0.717, 1.165) is 6.42 Å². The molecule has 2 aromatic carbocycles. The zero-order valence-corrected chi connectivity index (χ0v) is 19.3. The van der Waals surface area contributed by atoms with Gasteiger partial charge in [0.1, 0.15) is 0 Å². The Labute approximate surface area is 173 Å². The van der Waals surface area contributed by atoms with E-state index in [4.69, 9.17) is 0 Å². The number of fused-ring (bicyclic) bond motifs is 1. The largest absolute Gasteiger partial charge is 0.0654 e. The number of allylic oxidation sites excluding steroid dienone is 1. The van der Waals surface area contributed by atoms with E-state index in [1.54, 1.807) is 11.1 Å². The minimum Gasteiger partial charge on any atom is -0.0654 e. The fourth-order valence-electron chi connectivity index (χ4n) is 4.12. The lowest BCUT2D eigenvalue weighted by atomic mass is 9.78. The van der Waals surface area contributed by atoms with Crippen molar-refractivity contribution in [2.45, 2.75) is 91.9 Å². The smallest absolute Gasteiger partial charge is 0.00550 e. The number of rotatable bonds is 4. The average molecular weight is 375 g/mol. The molecule has 0 nitrogen and oxygen atoms in total. The highest BCUT2D eigenvalue weighted by Crippen LogP contribution is 2.40. The van der Waals surface area contributed by atoms with Crippen molar-refractivity contribution in [3.05, 3.63) is 63.7 Å². The van der Waals surface area contributed by atoms with E-state index in [1.165, 1.54) is 52.6 Å². The first-order chi connectivity index (χ1) is 13.0. The van der Waals surface area contributed by atoms with Crippen LogP contribution in [0.15, 0.2) is 35.9 Å². The fraction of sp³-hybridized carbons (Fsp3) is 0.500. The fourth-order valence-corrected chi connectivity index (χ4v) is 4.12. The predicted octanol–water partition coefficient (Wildman–Crippen LogP) is 8.39. The van der Waals surface area contributed by atoms with Crippen LogP contribution in [0, 0.1) is 6.92 Å². The third-order valence-electron chi connectivity index (χ3n) is 6.17. The van der Waals surface area contributed by atoms with E-state index in [2.05, 4.69) is 91.8 Å². The zero-order valence-electron chi connectivity index (χ0n) is 19.3. The maximum atomic E-state index is 2.49. The lowest BCUT2D eigenvalue weighted by Gasteiger charge is -2.26. The highest BCUT2D eigenvalue weighted by Gasteiger charge is 2.23. The third kappa shape index (κ3) is 4.27. The molecule has 0 saturated carbocycles. The molecule has 0 aliphatic heterocycles. The van der Waals surface area contributed by atoms with Gasteiger partial charge < -0.3 is 0 Å². The molecule has 0 unspecified atom stereocenters. The van der Waals surface area contributed by atoms with Crippen molar-refractivity contribution in [2.75, 3.05) is 0 Å². The minimum atomic E-state index is 0.145. The Bertz CT molecular complexity index is 863. The Morgan fingerprint density at radius 3 is 2.00 bits per heavy atom. The molecule has 150 valence electrons. The predicted molar refractivity (Wildman–Crippen MR) is 125 cm³/mol. The molecule has 0 bridgehead atoms. The molecule has 1 aliphatic rings. The molecule has 0 spiro atoms. The van der Waals surface area contributed by atoms with Crippen molar-refractivity contribution in [1.82, 2.24) is 0 Å². The Hall–Kier alpha value is -1.82. The monoisotopic (exact) mass is 374 g/mol. The van der Waals surface area contributed by atoms with Gasteiger partial charge in [0.05, 0.1) is 0 Å². The van der Waals surface area contributed by atoms with Gasteiger partial charge in [0.2, 0.25) is 0 Å². The van der Waals surface area contributed by atoms with Crippen LogP contribution in [-0.2, 0) is 17.3 Å². The van der Waals surface area contributed by atoms with Gasteiger partial charge in [-0.3, -0.25) is 0 Å². The van der Waals surface area contributed by atoms with Crippen molar-refractivity contribution in [1.29, 1.82) is 0 Å². The number of aryl methyl sites for hydroxylation is 1. The Balaban J connectivity index is 2.17. The quantitative estimate of drug-likeness (QED) is 0.504. The molecule has 0 amide bonds. The molecule has 2 aromatic rings. The molecular formula is C28H38. The average Bonchev–Trinajstić information content (AvgIpc) is 3.03. The highest BCUT2D eigenvalue weighted by atomic mass is 14.3. The van der Waals surface area contributed by atoms with Gasteiger partial charge in [0, 0.05) is 0 Å². The van der Waals surface area contributed by atoms with E-state index in [0.29, 0.717) is 0 Å². The zero-order chi connectivity index (χ0) is 20.7. The van der Waals surface area contributed by atoms with Crippen molar-refractivity contribution in [3.63, 3.8) is 0 Å². The van der Waals surface area contributed by atoms with Crippen LogP contribution in [0.4, 0.5) is 0 Å². The van der Waals surface area contributed by atoms with E-state index in [9.17, 15) is 0 Å². The molecule has 28 heavy (non-hydrogen) atoms. The van der Waals surface area contributed by atoms with Gasteiger partial charge in [-0.05, 0) is 76.0 Å². The lowest BCUT2D eigenvalue weighted by Crippen LogP contribution is -2.16. The van der Waals surface area contributed by atoms with Gasteiger partial charge in [-0.1, -0.05) is 96.9 Å². The van der Waals surface area contributed by atoms with Crippen LogP contribution in [-0.4, -0.2) is 0 Å². The molecule has 0 N–H and O–H groups in total. The molecule has 3 rings (SSSR count). The van der Waals surface area contributed by atoms with Crippen LogP contribution in [0.5, 0.6) is 0 Å². The van der Waals surface area contributed by atoms with Crippen molar-refractivity contribution < 1.29 is 0 Å². The molecule has 0 heterocycles. The molecular weight excluding hydrogens is 336 g/mol. The minimum absolute atomic E-state index is 0.145. The first-order valence-electron chi connectivity index (χ1n) is 11.0. The summed E-state index contributed by atoms with van der Waals surface area (Å²) in [6.45, 7) is 18.5. The van der Waals surface area contributed by atoms with Gasteiger partial charge in [0.25, 0.3) is 0 Å². The van der Waals surface area contributed by atoms with Crippen LogP contribution in [0.25, 0.3) is 17.2 Å². The first kappa shape index (κ1) is 20.9. The molecule has 0 radical (unpaired) electrons. The summed E-state index contributed by atoms with van der Waals surface area (Å²) in [7, 11) is 0. The standard InChI is InChI=1S/C28H38/c1-9-10-11-20-14-25-19(2)12-13-24(26(25)15-20)21-16-22(27(3,4)5)18-23(17-21)28(6,7)8/h12-13,15-18H,9-11,14H2,1-8H3. The summed E-state index contributed by atoms with van der Waals surface area (Å²) < 4.78 is 0. The van der Waals surface area contributed by atoms with Crippen LogP contribution in [0.2, 0.25) is 0 Å². The van der Waals surface area contributed by atoms with E-state index >= 15 is 0 Å². The van der Waals surface area contributed by atoms with Crippen molar-refractivity contribution in [3.8, 4) is 11.1 Å². The normalized spacial score (nSPS) is 14.2. The summed E-state index contributed by atoms with van der Waals surface area (Å²) in [6, 6.07) is 11.9. The van der Waals surface area contributed by atoms with Gasteiger partial charge in [-0.25, -0.2) is 0 Å². The summed E-state index contributed by atoms with van der Waals surface area (Å²) in [4.78, 5) is 0. The highest BCUT2D eigenvalue weighted by molar-refractivity contribution is 5.82. The third-order valence-corrected chi connectivity index (χ3v) is 6.17. The molecule has 0 fully saturated rings. The van der Waals surface area contributed by atoms with Crippen molar-refractivity contribution >= 4 is 6.08 Å². The summed E-state index contributed by atoms with van der Waals surface area (Å²) in [5.74, 6) is 0. The van der Waals surface area contributed by atoms with Crippen LogP contribution in [0.3, 0.4) is 0 Å². The van der Waals surface area contributed by atoms with E-state index in [-0.39, 0.29) is 10.8 Å². The van der Waals surface area contributed by atoms with Crippen LogP contribution < -0.4 is 0 Å². The number of hydrogen-bond donors (Lipinski definition) is 0. The number of unbranched alkanes of at least 4 members (excludes halogenated alkanes) is 1. The molecule has 0 saturated heterocycles.